The molecule has 2 aromatic heterocycles. The molecular formula is C18H18N4OS2. The number of thiophene rings is 1. The van der Waals surface area contributed by atoms with Gasteiger partial charge in [0.15, 0.2) is 5.69 Å². The summed E-state index contributed by atoms with van der Waals surface area (Å²) in [5.74, 6) is 0.913. The Labute approximate surface area is 154 Å². The largest absolute Gasteiger partial charge is 0.336 e. The lowest BCUT2D eigenvalue weighted by atomic mass is 10.2. The average Bonchev–Trinajstić information content (AvgIpc) is 3.30. The molecule has 0 bridgehead atoms. The molecule has 1 aromatic carbocycles. The Morgan fingerprint density at radius 1 is 1.12 bits per heavy atom. The van der Waals surface area contributed by atoms with Crippen LogP contribution in [0.5, 0.6) is 0 Å². The Hall–Kier alpha value is -2.12. The molecule has 5 nitrogen and oxygen atoms in total. The number of thioether (sulfide) groups is 1. The van der Waals surface area contributed by atoms with Gasteiger partial charge in [0, 0.05) is 29.0 Å². The third-order valence-corrected chi connectivity index (χ3v) is 6.63. The summed E-state index contributed by atoms with van der Waals surface area (Å²) in [6, 6.07) is 13.9. The topological polar surface area (TPSA) is 51.0 Å². The molecule has 1 saturated heterocycles. The second-order valence-corrected chi connectivity index (χ2v) is 8.10. The van der Waals surface area contributed by atoms with Crippen molar-refractivity contribution in [2.24, 2.45) is 0 Å². The molecule has 7 heteroatoms. The molecule has 0 saturated carbocycles. The van der Waals surface area contributed by atoms with Crippen LogP contribution in [0.2, 0.25) is 0 Å². The lowest BCUT2D eigenvalue weighted by molar-refractivity contribution is 0.0760. The summed E-state index contributed by atoms with van der Waals surface area (Å²) in [4.78, 5) is 17.6. The molecule has 0 spiro atoms. The number of carbonyl (C=O) groups excluding carboxylic acids is 1. The van der Waals surface area contributed by atoms with E-state index >= 15 is 0 Å². The van der Waals surface area contributed by atoms with Crippen molar-refractivity contribution in [1.82, 2.24) is 19.9 Å². The van der Waals surface area contributed by atoms with Gasteiger partial charge in [0.1, 0.15) is 0 Å². The van der Waals surface area contributed by atoms with Crippen molar-refractivity contribution < 1.29 is 4.79 Å². The van der Waals surface area contributed by atoms with E-state index in [1.165, 1.54) is 9.67 Å². The van der Waals surface area contributed by atoms with Crippen LogP contribution in [0.1, 0.15) is 27.0 Å². The number of hydrogen-bond donors (Lipinski definition) is 0. The van der Waals surface area contributed by atoms with Crippen molar-refractivity contribution in [2.75, 3.05) is 18.8 Å². The Morgan fingerprint density at radius 3 is 2.80 bits per heavy atom. The molecule has 4 rings (SSSR count). The summed E-state index contributed by atoms with van der Waals surface area (Å²) in [7, 11) is 0. The summed E-state index contributed by atoms with van der Waals surface area (Å²) >= 11 is 3.73. The first-order chi connectivity index (χ1) is 12.3. The molecular weight excluding hydrogens is 352 g/mol. The zero-order chi connectivity index (χ0) is 17.1. The van der Waals surface area contributed by atoms with Gasteiger partial charge in [-0.25, -0.2) is 0 Å². The van der Waals surface area contributed by atoms with E-state index in [4.69, 9.17) is 0 Å². The summed E-state index contributed by atoms with van der Waals surface area (Å²) < 4.78 is 0. The molecule has 1 aliphatic heterocycles. The maximum atomic E-state index is 12.8. The molecule has 1 amide bonds. The third-order valence-electron chi connectivity index (χ3n) is 4.19. The van der Waals surface area contributed by atoms with E-state index in [0.29, 0.717) is 10.9 Å². The fourth-order valence-corrected chi connectivity index (χ4v) is 5.12. The molecule has 3 heterocycles. The van der Waals surface area contributed by atoms with Gasteiger partial charge in [-0.15, -0.1) is 16.4 Å². The Morgan fingerprint density at radius 2 is 2.00 bits per heavy atom. The number of hydrogen-bond acceptors (Lipinski definition) is 5. The van der Waals surface area contributed by atoms with Crippen molar-refractivity contribution in [3.8, 4) is 5.69 Å². The highest BCUT2D eigenvalue weighted by atomic mass is 32.2. The normalized spacial score (nSPS) is 18.1. The highest BCUT2D eigenvalue weighted by Gasteiger charge is 2.25. The van der Waals surface area contributed by atoms with E-state index in [0.717, 1.165) is 31.0 Å². The maximum Gasteiger partial charge on any atom is 0.276 e. The smallest absolute Gasteiger partial charge is 0.276 e. The molecule has 128 valence electrons. The molecule has 0 aliphatic carbocycles. The van der Waals surface area contributed by atoms with Crippen LogP contribution in [0.4, 0.5) is 0 Å². The molecule has 3 aromatic rings. The van der Waals surface area contributed by atoms with Gasteiger partial charge >= 0.3 is 0 Å². The van der Waals surface area contributed by atoms with E-state index < -0.39 is 0 Å². The Kier molecular flexibility index (Phi) is 4.85. The second kappa shape index (κ2) is 7.41. The third kappa shape index (κ3) is 3.62. The first kappa shape index (κ1) is 16.4. The van der Waals surface area contributed by atoms with Crippen molar-refractivity contribution in [3.05, 3.63) is 64.6 Å². The number of aromatic nitrogens is 3. The van der Waals surface area contributed by atoms with Crippen LogP contribution in [0.15, 0.2) is 54.0 Å². The van der Waals surface area contributed by atoms with Gasteiger partial charge in [0.2, 0.25) is 0 Å². The van der Waals surface area contributed by atoms with Crippen molar-refractivity contribution in [2.45, 2.75) is 11.7 Å². The van der Waals surface area contributed by atoms with E-state index in [1.807, 2.05) is 47.0 Å². The fraction of sp³-hybridized carbons (Fsp3) is 0.278. The average molecular weight is 371 g/mol. The quantitative estimate of drug-likeness (QED) is 0.706. The lowest BCUT2D eigenvalue weighted by Crippen LogP contribution is -2.33. The summed E-state index contributed by atoms with van der Waals surface area (Å²) in [5, 5.41) is 11.2. The van der Waals surface area contributed by atoms with E-state index in [2.05, 4.69) is 27.7 Å². The molecule has 1 aliphatic rings. The lowest BCUT2D eigenvalue weighted by Gasteiger charge is -2.18. The first-order valence-corrected chi connectivity index (χ1v) is 10.2. The van der Waals surface area contributed by atoms with Crippen LogP contribution < -0.4 is 0 Å². The number of benzene rings is 1. The molecule has 0 radical (unpaired) electrons. The number of carbonyl (C=O) groups is 1. The standard InChI is InChI=1S/C18H18N4OS2/c23-18(15-13-19-22(20-15)14-5-2-1-3-6-14)21-9-8-17(25-12-10-21)16-7-4-11-24-16/h1-7,11,13,17H,8-10,12H2. The zero-order valence-electron chi connectivity index (χ0n) is 13.6. The zero-order valence-corrected chi connectivity index (χ0v) is 15.2. The first-order valence-electron chi connectivity index (χ1n) is 8.23. The van der Waals surface area contributed by atoms with Gasteiger partial charge in [-0.1, -0.05) is 24.3 Å². The van der Waals surface area contributed by atoms with Crippen molar-refractivity contribution in [3.63, 3.8) is 0 Å². The molecule has 1 fully saturated rings. The van der Waals surface area contributed by atoms with E-state index in [1.54, 1.807) is 17.5 Å². The summed E-state index contributed by atoms with van der Waals surface area (Å²) in [6.45, 7) is 1.51. The van der Waals surface area contributed by atoms with Crippen LogP contribution in [-0.2, 0) is 0 Å². The number of nitrogens with zero attached hydrogens (tertiary/aromatic N) is 4. The van der Waals surface area contributed by atoms with Gasteiger partial charge in [0.05, 0.1) is 11.9 Å². The maximum absolute atomic E-state index is 12.8. The molecule has 25 heavy (non-hydrogen) atoms. The van der Waals surface area contributed by atoms with Crippen LogP contribution in [0, 0.1) is 0 Å². The predicted octanol–water partition coefficient (Wildman–Crippen LogP) is 3.65. The predicted molar refractivity (Wildman–Crippen MR) is 101 cm³/mol. The summed E-state index contributed by atoms with van der Waals surface area (Å²) in [5.41, 5.74) is 1.26. The highest BCUT2D eigenvalue weighted by molar-refractivity contribution is 7.99. The Balaban J connectivity index is 1.45. The number of para-hydroxylation sites is 1. The second-order valence-electron chi connectivity index (χ2n) is 5.81. The molecule has 1 atom stereocenters. The highest BCUT2D eigenvalue weighted by Crippen LogP contribution is 2.36. The molecule has 1 unspecified atom stereocenters. The van der Waals surface area contributed by atoms with Crippen LogP contribution >= 0.6 is 23.1 Å². The minimum atomic E-state index is -0.0328. The van der Waals surface area contributed by atoms with Gasteiger partial charge in [-0.2, -0.15) is 21.7 Å². The number of amides is 1. The fourth-order valence-electron chi connectivity index (χ4n) is 2.88. The van der Waals surface area contributed by atoms with E-state index in [-0.39, 0.29) is 5.91 Å². The van der Waals surface area contributed by atoms with Gasteiger partial charge in [0.25, 0.3) is 5.91 Å². The van der Waals surface area contributed by atoms with Gasteiger partial charge < -0.3 is 4.90 Å². The number of rotatable bonds is 3. The van der Waals surface area contributed by atoms with Crippen molar-refractivity contribution in [1.29, 1.82) is 0 Å². The SMILES string of the molecule is O=C(c1cnn(-c2ccccc2)n1)N1CCSC(c2cccs2)CC1. The van der Waals surface area contributed by atoms with Gasteiger partial charge in [-0.05, 0) is 30.0 Å². The van der Waals surface area contributed by atoms with Gasteiger partial charge in [-0.3, -0.25) is 4.79 Å². The summed E-state index contributed by atoms with van der Waals surface area (Å²) in [6.07, 6.45) is 2.54. The van der Waals surface area contributed by atoms with Crippen LogP contribution in [0.25, 0.3) is 5.69 Å². The van der Waals surface area contributed by atoms with E-state index in [9.17, 15) is 4.79 Å². The minimum Gasteiger partial charge on any atom is -0.336 e. The molecule has 0 N–H and O–H groups in total. The minimum absolute atomic E-state index is 0.0328. The Bertz CT molecular complexity index is 832. The van der Waals surface area contributed by atoms with Crippen LogP contribution in [0.3, 0.4) is 0 Å². The van der Waals surface area contributed by atoms with Crippen LogP contribution in [-0.4, -0.2) is 44.6 Å². The monoisotopic (exact) mass is 370 g/mol. The van der Waals surface area contributed by atoms with Crippen molar-refractivity contribution >= 4 is 29.0 Å².